The van der Waals surface area contributed by atoms with Crippen LogP contribution in [0, 0.1) is 0 Å². The number of carbonyl (C=O) groups is 1. The van der Waals surface area contributed by atoms with Crippen molar-refractivity contribution in [3.05, 3.63) is 36.0 Å². The summed E-state index contributed by atoms with van der Waals surface area (Å²) in [5, 5.41) is 1.14. The van der Waals surface area contributed by atoms with E-state index in [4.69, 9.17) is 0 Å². The summed E-state index contributed by atoms with van der Waals surface area (Å²) in [6.07, 6.45) is 4.05. The number of amides is 1. The third-order valence-electron chi connectivity index (χ3n) is 4.67. The second kappa shape index (κ2) is 5.90. The number of hydrogen-bond donors (Lipinski definition) is 1. The Bertz CT molecular complexity index is 626. The molecule has 2 heterocycles. The average Bonchev–Trinajstić information content (AvgIpc) is 3.01. The number of H-pyrrole nitrogens is 1. The lowest BCUT2D eigenvalue weighted by atomic mass is 10.0. The second-order valence-electron chi connectivity index (χ2n) is 5.86. The number of aromatic nitrogens is 1. The van der Waals surface area contributed by atoms with Crippen LogP contribution in [0.25, 0.3) is 10.9 Å². The van der Waals surface area contributed by atoms with Crippen LogP contribution in [0.2, 0.25) is 0 Å². The standard InChI is InChI=1S/C17H23N3O/c1-3-20-10-7-15(8-11-20)19(2)17(21)14-5-4-13-6-9-18-16(13)12-14/h4-6,9,12,15,18H,3,7-8,10-11H2,1-2H3. The quantitative estimate of drug-likeness (QED) is 0.942. The summed E-state index contributed by atoms with van der Waals surface area (Å²) in [6, 6.07) is 8.27. The molecule has 3 rings (SSSR count). The van der Waals surface area contributed by atoms with Crippen LogP contribution < -0.4 is 0 Å². The van der Waals surface area contributed by atoms with Crippen LogP contribution in [0.3, 0.4) is 0 Å². The molecular formula is C17H23N3O. The van der Waals surface area contributed by atoms with E-state index >= 15 is 0 Å². The Morgan fingerprint density at radius 3 is 2.81 bits per heavy atom. The number of benzene rings is 1. The number of nitrogens with zero attached hydrogens (tertiary/aromatic N) is 2. The number of piperidine rings is 1. The first-order valence-electron chi connectivity index (χ1n) is 7.75. The van der Waals surface area contributed by atoms with E-state index in [2.05, 4.69) is 16.8 Å². The number of hydrogen-bond acceptors (Lipinski definition) is 2. The van der Waals surface area contributed by atoms with Gasteiger partial charge in [0.15, 0.2) is 0 Å². The van der Waals surface area contributed by atoms with Gasteiger partial charge in [0.05, 0.1) is 0 Å². The van der Waals surface area contributed by atoms with Crippen molar-refractivity contribution in [3.8, 4) is 0 Å². The number of carbonyl (C=O) groups excluding carboxylic acids is 1. The molecule has 112 valence electrons. The number of likely N-dealkylation sites (tertiary alicyclic amines) is 1. The molecule has 0 spiro atoms. The van der Waals surface area contributed by atoms with E-state index in [1.807, 2.05) is 42.4 Å². The molecule has 0 aliphatic carbocycles. The first kappa shape index (κ1) is 14.1. The zero-order chi connectivity index (χ0) is 14.8. The number of aromatic amines is 1. The van der Waals surface area contributed by atoms with Gasteiger partial charge >= 0.3 is 0 Å². The van der Waals surface area contributed by atoms with E-state index in [1.165, 1.54) is 0 Å². The molecule has 1 aliphatic heterocycles. The average molecular weight is 285 g/mol. The monoisotopic (exact) mass is 285 g/mol. The minimum atomic E-state index is 0.126. The second-order valence-corrected chi connectivity index (χ2v) is 5.86. The lowest BCUT2D eigenvalue weighted by Crippen LogP contribution is -2.45. The van der Waals surface area contributed by atoms with E-state index in [0.29, 0.717) is 6.04 Å². The number of nitrogens with one attached hydrogen (secondary N) is 1. The first-order valence-corrected chi connectivity index (χ1v) is 7.75. The van der Waals surface area contributed by atoms with Crippen molar-refractivity contribution >= 4 is 16.8 Å². The third-order valence-corrected chi connectivity index (χ3v) is 4.67. The van der Waals surface area contributed by atoms with Gasteiger partial charge in [-0.2, -0.15) is 0 Å². The summed E-state index contributed by atoms with van der Waals surface area (Å²) in [7, 11) is 1.94. The molecule has 1 amide bonds. The summed E-state index contributed by atoms with van der Waals surface area (Å²) in [5.41, 5.74) is 1.79. The predicted molar refractivity (Wildman–Crippen MR) is 85.5 cm³/mol. The maximum absolute atomic E-state index is 12.7. The highest BCUT2D eigenvalue weighted by atomic mass is 16.2. The van der Waals surface area contributed by atoms with Gasteiger partial charge in [0, 0.05) is 43.5 Å². The van der Waals surface area contributed by atoms with Crippen LogP contribution in [0.4, 0.5) is 0 Å². The van der Waals surface area contributed by atoms with Crippen molar-refractivity contribution in [2.24, 2.45) is 0 Å². The van der Waals surface area contributed by atoms with Gasteiger partial charge in [-0.3, -0.25) is 4.79 Å². The maximum atomic E-state index is 12.7. The van der Waals surface area contributed by atoms with Gasteiger partial charge in [-0.05, 0) is 43.0 Å². The Hall–Kier alpha value is -1.81. The molecule has 1 N–H and O–H groups in total. The fourth-order valence-corrected chi connectivity index (χ4v) is 3.17. The zero-order valence-corrected chi connectivity index (χ0v) is 12.8. The lowest BCUT2D eigenvalue weighted by Gasteiger charge is -2.36. The summed E-state index contributed by atoms with van der Waals surface area (Å²) < 4.78 is 0. The van der Waals surface area contributed by atoms with E-state index in [0.717, 1.165) is 48.9 Å². The summed E-state index contributed by atoms with van der Waals surface area (Å²) in [5.74, 6) is 0.126. The largest absolute Gasteiger partial charge is 0.361 e. The summed E-state index contributed by atoms with van der Waals surface area (Å²) in [4.78, 5) is 20.2. The van der Waals surface area contributed by atoms with Crippen LogP contribution in [0.15, 0.2) is 30.5 Å². The molecule has 0 radical (unpaired) electrons. The molecule has 4 heteroatoms. The van der Waals surface area contributed by atoms with E-state index < -0.39 is 0 Å². The third kappa shape index (κ3) is 2.81. The van der Waals surface area contributed by atoms with Crippen molar-refractivity contribution < 1.29 is 4.79 Å². The number of fused-ring (bicyclic) bond motifs is 1. The number of rotatable bonds is 3. The minimum Gasteiger partial charge on any atom is -0.361 e. The Morgan fingerprint density at radius 1 is 1.33 bits per heavy atom. The van der Waals surface area contributed by atoms with E-state index in [1.54, 1.807) is 0 Å². The van der Waals surface area contributed by atoms with Crippen molar-refractivity contribution in [1.82, 2.24) is 14.8 Å². The van der Waals surface area contributed by atoms with Crippen molar-refractivity contribution in [2.45, 2.75) is 25.8 Å². The van der Waals surface area contributed by atoms with E-state index in [-0.39, 0.29) is 5.91 Å². The van der Waals surface area contributed by atoms with Gasteiger partial charge in [-0.25, -0.2) is 0 Å². The Morgan fingerprint density at radius 2 is 2.10 bits per heavy atom. The van der Waals surface area contributed by atoms with Gasteiger partial charge in [0.1, 0.15) is 0 Å². The van der Waals surface area contributed by atoms with Crippen LogP contribution in [-0.2, 0) is 0 Å². The Kier molecular flexibility index (Phi) is 3.97. The molecule has 2 aromatic rings. The lowest BCUT2D eigenvalue weighted by molar-refractivity contribution is 0.0647. The van der Waals surface area contributed by atoms with Crippen LogP contribution in [0.5, 0.6) is 0 Å². The molecule has 0 unspecified atom stereocenters. The topological polar surface area (TPSA) is 39.3 Å². The summed E-state index contributed by atoms with van der Waals surface area (Å²) >= 11 is 0. The Labute approximate surface area is 125 Å². The molecule has 0 saturated carbocycles. The van der Waals surface area contributed by atoms with Gasteiger partial charge in [0.2, 0.25) is 0 Å². The summed E-state index contributed by atoms with van der Waals surface area (Å²) in [6.45, 7) is 5.48. The smallest absolute Gasteiger partial charge is 0.253 e. The highest BCUT2D eigenvalue weighted by Gasteiger charge is 2.25. The van der Waals surface area contributed by atoms with Gasteiger partial charge < -0.3 is 14.8 Å². The van der Waals surface area contributed by atoms with Crippen molar-refractivity contribution in [1.29, 1.82) is 0 Å². The minimum absolute atomic E-state index is 0.126. The molecule has 1 aliphatic rings. The van der Waals surface area contributed by atoms with Gasteiger partial charge in [-0.15, -0.1) is 0 Å². The van der Waals surface area contributed by atoms with Crippen LogP contribution in [0.1, 0.15) is 30.1 Å². The normalized spacial score (nSPS) is 17.2. The highest BCUT2D eigenvalue weighted by Crippen LogP contribution is 2.19. The van der Waals surface area contributed by atoms with Crippen molar-refractivity contribution in [2.75, 3.05) is 26.7 Å². The molecule has 1 fully saturated rings. The van der Waals surface area contributed by atoms with Crippen LogP contribution in [-0.4, -0.2) is 53.4 Å². The van der Waals surface area contributed by atoms with E-state index in [9.17, 15) is 4.79 Å². The van der Waals surface area contributed by atoms with Gasteiger partial charge in [-0.1, -0.05) is 13.0 Å². The molecule has 1 aromatic carbocycles. The fourth-order valence-electron chi connectivity index (χ4n) is 3.17. The molecule has 1 saturated heterocycles. The zero-order valence-electron chi connectivity index (χ0n) is 12.8. The fraction of sp³-hybridized carbons (Fsp3) is 0.471. The molecule has 21 heavy (non-hydrogen) atoms. The molecule has 0 atom stereocenters. The molecular weight excluding hydrogens is 262 g/mol. The predicted octanol–water partition coefficient (Wildman–Crippen LogP) is 2.72. The Balaban J connectivity index is 1.72. The first-order chi connectivity index (χ1) is 10.2. The molecule has 4 nitrogen and oxygen atoms in total. The molecule has 0 bridgehead atoms. The maximum Gasteiger partial charge on any atom is 0.253 e. The SMILES string of the molecule is CCN1CCC(N(C)C(=O)c2ccc3cc[nH]c3c2)CC1. The van der Waals surface area contributed by atoms with Crippen molar-refractivity contribution in [3.63, 3.8) is 0 Å². The van der Waals surface area contributed by atoms with Gasteiger partial charge in [0.25, 0.3) is 5.91 Å². The molecule has 1 aromatic heterocycles. The van der Waals surface area contributed by atoms with Crippen LogP contribution >= 0.6 is 0 Å². The highest BCUT2D eigenvalue weighted by molar-refractivity contribution is 5.97.